The SMILES string of the molecule is C.Cc1cc(Nc2nccn3c(-c4ccc(CC(F)F)cc4)cnc23)ccc1C(=O)NCC(C)N. The monoisotopic (exact) mass is 480 g/mol. The highest BCUT2D eigenvalue weighted by Gasteiger charge is 2.13. The number of fused-ring (bicyclic) bond motifs is 1. The van der Waals surface area contributed by atoms with Gasteiger partial charge in [0.25, 0.3) is 5.91 Å². The van der Waals surface area contributed by atoms with Crippen LogP contribution in [0.5, 0.6) is 0 Å². The molecule has 1 atom stereocenters. The lowest BCUT2D eigenvalue weighted by Crippen LogP contribution is -2.35. The lowest BCUT2D eigenvalue weighted by atomic mass is 10.1. The van der Waals surface area contributed by atoms with Crippen molar-refractivity contribution in [2.24, 2.45) is 5.73 Å². The number of aromatic nitrogens is 3. The number of rotatable bonds is 8. The number of imidazole rings is 1. The number of nitrogens with one attached hydrogen (secondary N) is 2. The number of benzene rings is 2. The lowest BCUT2D eigenvalue weighted by Gasteiger charge is -2.12. The van der Waals surface area contributed by atoms with E-state index >= 15 is 0 Å². The fraction of sp³-hybridized carbons (Fsp3) is 0.269. The maximum atomic E-state index is 12.6. The molecule has 4 N–H and O–H groups in total. The summed E-state index contributed by atoms with van der Waals surface area (Å²) in [5.74, 6) is 0.385. The summed E-state index contributed by atoms with van der Waals surface area (Å²) in [5, 5.41) is 6.09. The van der Waals surface area contributed by atoms with Crippen molar-refractivity contribution < 1.29 is 13.6 Å². The number of carbonyl (C=O) groups excluding carboxylic acids is 1. The van der Waals surface area contributed by atoms with Crippen LogP contribution in [-0.2, 0) is 6.42 Å². The van der Waals surface area contributed by atoms with Crippen LogP contribution in [0, 0.1) is 6.92 Å². The fourth-order valence-corrected chi connectivity index (χ4v) is 3.69. The second-order valence-electron chi connectivity index (χ2n) is 8.25. The number of nitrogens with two attached hydrogens (primary N) is 1. The van der Waals surface area contributed by atoms with Crippen LogP contribution in [0.15, 0.2) is 61.1 Å². The van der Waals surface area contributed by atoms with Gasteiger partial charge in [-0.1, -0.05) is 31.7 Å². The van der Waals surface area contributed by atoms with Crippen molar-refractivity contribution >= 4 is 23.1 Å². The summed E-state index contributed by atoms with van der Waals surface area (Å²) in [5.41, 5.74) is 10.7. The number of alkyl halides is 2. The molecule has 0 saturated heterocycles. The van der Waals surface area contributed by atoms with Gasteiger partial charge >= 0.3 is 0 Å². The molecule has 0 aliphatic rings. The van der Waals surface area contributed by atoms with Crippen LogP contribution in [0.3, 0.4) is 0 Å². The molecule has 4 aromatic rings. The molecule has 35 heavy (non-hydrogen) atoms. The molecule has 184 valence electrons. The van der Waals surface area contributed by atoms with Gasteiger partial charge in [-0.3, -0.25) is 9.20 Å². The van der Waals surface area contributed by atoms with E-state index in [-0.39, 0.29) is 25.8 Å². The Morgan fingerprint density at radius 1 is 1.14 bits per heavy atom. The Hall–Kier alpha value is -3.85. The Bertz CT molecular complexity index is 1300. The highest BCUT2D eigenvalue weighted by atomic mass is 19.3. The van der Waals surface area contributed by atoms with Crippen LogP contribution in [0.1, 0.15) is 35.8 Å². The lowest BCUT2D eigenvalue weighted by molar-refractivity contribution is 0.0951. The van der Waals surface area contributed by atoms with Gasteiger partial charge in [0.05, 0.1) is 11.9 Å². The van der Waals surface area contributed by atoms with Gasteiger partial charge in [0.1, 0.15) is 0 Å². The molecule has 1 amide bonds. The second-order valence-corrected chi connectivity index (χ2v) is 8.25. The van der Waals surface area contributed by atoms with Crippen molar-refractivity contribution in [3.63, 3.8) is 0 Å². The zero-order valence-electron chi connectivity index (χ0n) is 18.9. The first-order valence-corrected chi connectivity index (χ1v) is 10.9. The maximum absolute atomic E-state index is 12.6. The zero-order chi connectivity index (χ0) is 24.2. The standard InChI is InChI=1S/C25H26F2N6O.CH4/c1-15-11-19(7-8-20(15)25(34)31-13-16(2)28)32-23-24-30-14-21(33(24)10-9-29-23)18-5-3-17(4-6-18)12-22(26)27;/h3-11,14,16,22H,12-13,28H2,1-2H3,(H,29,32)(H,31,34);1H4. The third-order valence-corrected chi connectivity index (χ3v) is 5.39. The molecule has 0 aliphatic heterocycles. The maximum Gasteiger partial charge on any atom is 0.251 e. The van der Waals surface area contributed by atoms with Gasteiger partial charge in [-0.05, 0) is 43.2 Å². The summed E-state index contributed by atoms with van der Waals surface area (Å²) >= 11 is 0. The average Bonchev–Trinajstić information content (AvgIpc) is 3.23. The Labute approximate surface area is 203 Å². The molecule has 0 aliphatic carbocycles. The van der Waals surface area contributed by atoms with Gasteiger partial charge in [-0.2, -0.15) is 0 Å². The minimum Gasteiger partial charge on any atom is -0.350 e. The number of aryl methyl sites for hydroxylation is 1. The first-order chi connectivity index (χ1) is 16.3. The summed E-state index contributed by atoms with van der Waals surface area (Å²) < 4.78 is 27.1. The highest BCUT2D eigenvalue weighted by Crippen LogP contribution is 2.26. The molecule has 2 aromatic heterocycles. The Balaban J connectivity index is 0.00000342. The van der Waals surface area contributed by atoms with Crippen LogP contribution in [-0.4, -0.2) is 39.3 Å². The summed E-state index contributed by atoms with van der Waals surface area (Å²) in [7, 11) is 0. The van der Waals surface area contributed by atoms with Gasteiger partial charge in [0.15, 0.2) is 11.5 Å². The van der Waals surface area contributed by atoms with Gasteiger partial charge in [-0.25, -0.2) is 18.7 Å². The first kappa shape index (κ1) is 25.8. The van der Waals surface area contributed by atoms with E-state index in [9.17, 15) is 13.6 Å². The van der Waals surface area contributed by atoms with Crippen molar-refractivity contribution in [1.82, 2.24) is 19.7 Å². The summed E-state index contributed by atoms with van der Waals surface area (Å²) in [4.78, 5) is 21.3. The normalized spacial score (nSPS) is 11.8. The summed E-state index contributed by atoms with van der Waals surface area (Å²) in [6, 6.07) is 12.4. The van der Waals surface area contributed by atoms with E-state index in [4.69, 9.17) is 5.73 Å². The zero-order valence-corrected chi connectivity index (χ0v) is 18.9. The van der Waals surface area contributed by atoms with Crippen molar-refractivity contribution in [3.05, 3.63) is 77.7 Å². The van der Waals surface area contributed by atoms with E-state index in [2.05, 4.69) is 20.6 Å². The predicted octanol–water partition coefficient (Wildman–Crippen LogP) is 4.97. The smallest absolute Gasteiger partial charge is 0.251 e. The molecular formula is C26H30F2N6O. The van der Waals surface area contributed by atoms with Gasteiger partial charge in [0.2, 0.25) is 6.43 Å². The second kappa shape index (κ2) is 11.1. The van der Waals surface area contributed by atoms with E-state index in [0.717, 1.165) is 22.5 Å². The largest absolute Gasteiger partial charge is 0.350 e. The van der Waals surface area contributed by atoms with Crippen LogP contribution < -0.4 is 16.4 Å². The van der Waals surface area contributed by atoms with Crippen LogP contribution in [0.2, 0.25) is 0 Å². The number of halogens is 2. The third-order valence-electron chi connectivity index (χ3n) is 5.39. The Morgan fingerprint density at radius 2 is 1.89 bits per heavy atom. The van der Waals surface area contributed by atoms with Crippen molar-refractivity contribution in [2.45, 2.75) is 40.2 Å². The molecule has 0 radical (unpaired) electrons. The number of anilines is 2. The molecule has 1 unspecified atom stereocenters. The molecule has 4 rings (SSSR count). The minimum absolute atomic E-state index is 0. The molecule has 0 fully saturated rings. The van der Waals surface area contributed by atoms with Crippen molar-refractivity contribution in [3.8, 4) is 11.3 Å². The predicted molar refractivity (Wildman–Crippen MR) is 135 cm³/mol. The van der Waals surface area contributed by atoms with Crippen LogP contribution >= 0.6 is 0 Å². The summed E-state index contributed by atoms with van der Waals surface area (Å²) in [6.45, 7) is 4.10. The fourth-order valence-electron chi connectivity index (χ4n) is 3.69. The van der Waals surface area contributed by atoms with Crippen molar-refractivity contribution in [1.29, 1.82) is 0 Å². The number of hydrogen-bond donors (Lipinski definition) is 3. The molecular weight excluding hydrogens is 450 g/mol. The van der Waals surface area contributed by atoms with Gasteiger partial charge in [0, 0.05) is 48.2 Å². The molecule has 9 heteroatoms. The van der Waals surface area contributed by atoms with Crippen LogP contribution in [0.25, 0.3) is 16.9 Å². The number of amides is 1. The Morgan fingerprint density at radius 3 is 2.54 bits per heavy atom. The number of nitrogens with zero attached hydrogens (tertiary/aromatic N) is 3. The van der Waals surface area contributed by atoms with Crippen molar-refractivity contribution in [2.75, 3.05) is 11.9 Å². The van der Waals surface area contributed by atoms with E-state index in [1.54, 1.807) is 36.8 Å². The van der Waals surface area contributed by atoms with Crippen LogP contribution in [0.4, 0.5) is 20.3 Å². The number of carbonyl (C=O) groups is 1. The van der Waals surface area contributed by atoms with E-state index in [1.807, 2.05) is 42.5 Å². The van der Waals surface area contributed by atoms with E-state index in [0.29, 0.717) is 29.1 Å². The minimum atomic E-state index is -2.37. The highest BCUT2D eigenvalue weighted by molar-refractivity contribution is 5.96. The topological polar surface area (TPSA) is 97.3 Å². The summed E-state index contributed by atoms with van der Waals surface area (Å²) in [6.07, 6.45) is 2.54. The Kier molecular flexibility index (Phi) is 8.14. The van der Waals surface area contributed by atoms with E-state index in [1.165, 1.54) is 0 Å². The number of hydrogen-bond acceptors (Lipinski definition) is 5. The van der Waals surface area contributed by atoms with Gasteiger partial charge < -0.3 is 16.4 Å². The third kappa shape index (κ3) is 5.99. The van der Waals surface area contributed by atoms with E-state index < -0.39 is 6.43 Å². The molecule has 2 heterocycles. The average molecular weight is 481 g/mol. The first-order valence-electron chi connectivity index (χ1n) is 10.9. The quantitative estimate of drug-likeness (QED) is 0.331. The molecule has 2 aromatic carbocycles. The van der Waals surface area contributed by atoms with Gasteiger partial charge in [-0.15, -0.1) is 0 Å². The molecule has 0 spiro atoms. The molecule has 0 saturated carbocycles. The molecule has 0 bridgehead atoms. The molecule has 7 nitrogen and oxygen atoms in total.